The van der Waals surface area contributed by atoms with Crippen LogP contribution in [0.4, 0.5) is 5.69 Å². The van der Waals surface area contributed by atoms with E-state index in [9.17, 15) is 18.0 Å². The molecular weight excluding hydrogens is 581 g/mol. The van der Waals surface area contributed by atoms with Gasteiger partial charge in [-0.15, -0.1) is 0 Å². The fraction of sp³-hybridized carbons (Fsp3) is 0.355. The topological polar surface area (TPSA) is 86.8 Å². The number of carbonyl (C=O) groups excluding carboxylic acids is 2. The number of amides is 2. The Bertz CT molecular complexity index is 1490. The van der Waals surface area contributed by atoms with Crippen LogP contribution in [0.1, 0.15) is 49.3 Å². The van der Waals surface area contributed by atoms with E-state index in [1.54, 1.807) is 55.5 Å². The zero-order valence-corrected chi connectivity index (χ0v) is 25.8. The predicted molar refractivity (Wildman–Crippen MR) is 164 cm³/mol. The van der Waals surface area contributed by atoms with Gasteiger partial charge in [0.25, 0.3) is 10.0 Å². The zero-order chi connectivity index (χ0) is 29.7. The first-order valence-electron chi connectivity index (χ1n) is 13.7. The molecular formula is C31H35Cl2N3O4S. The molecule has 1 aliphatic rings. The SMILES string of the molecule is Cc1cc(C)cc(N(CC(=O)N(Cc2ccc(Cl)c(Cl)c2)[C@H](C)C(=O)NC2CCCC2)S(=O)(=O)c2ccccc2)c1. The van der Waals surface area contributed by atoms with Crippen molar-refractivity contribution in [2.75, 3.05) is 10.8 Å². The third-order valence-electron chi connectivity index (χ3n) is 7.31. The minimum Gasteiger partial charge on any atom is -0.352 e. The average Bonchev–Trinajstić information content (AvgIpc) is 3.44. The van der Waals surface area contributed by atoms with Crippen molar-refractivity contribution in [3.8, 4) is 0 Å². The summed E-state index contributed by atoms with van der Waals surface area (Å²) in [6.07, 6.45) is 3.89. The molecule has 218 valence electrons. The van der Waals surface area contributed by atoms with Crippen molar-refractivity contribution in [3.05, 3.63) is 93.5 Å². The van der Waals surface area contributed by atoms with Gasteiger partial charge >= 0.3 is 0 Å². The van der Waals surface area contributed by atoms with Crippen LogP contribution in [0, 0.1) is 13.8 Å². The zero-order valence-electron chi connectivity index (χ0n) is 23.4. The van der Waals surface area contributed by atoms with Gasteiger partial charge in [0.05, 0.1) is 20.6 Å². The first kappa shape index (κ1) is 30.9. The lowest BCUT2D eigenvalue weighted by Crippen LogP contribution is -2.52. The van der Waals surface area contributed by atoms with Gasteiger partial charge in [0.15, 0.2) is 0 Å². The van der Waals surface area contributed by atoms with Gasteiger partial charge in [0.1, 0.15) is 12.6 Å². The molecule has 1 saturated carbocycles. The smallest absolute Gasteiger partial charge is 0.264 e. The Kier molecular flexibility index (Phi) is 10.00. The van der Waals surface area contributed by atoms with Crippen molar-refractivity contribution in [1.29, 1.82) is 0 Å². The largest absolute Gasteiger partial charge is 0.352 e. The molecule has 0 aliphatic heterocycles. The first-order valence-corrected chi connectivity index (χ1v) is 15.8. The molecule has 41 heavy (non-hydrogen) atoms. The maximum absolute atomic E-state index is 14.1. The van der Waals surface area contributed by atoms with Crippen molar-refractivity contribution in [2.45, 2.75) is 70.0 Å². The van der Waals surface area contributed by atoms with Crippen LogP contribution in [-0.2, 0) is 26.2 Å². The fourth-order valence-electron chi connectivity index (χ4n) is 5.15. The van der Waals surface area contributed by atoms with Gasteiger partial charge in [-0.05, 0) is 86.7 Å². The van der Waals surface area contributed by atoms with Gasteiger partial charge in [-0.25, -0.2) is 8.42 Å². The number of nitrogens with one attached hydrogen (secondary N) is 1. The second kappa shape index (κ2) is 13.3. The summed E-state index contributed by atoms with van der Waals surface area (Å²) in [5.41, 5.74) is 2.75. The van der Waals surface area contributed by atoms with Gasteiger partial charge in [0, 0.05) is 12.6 Å². The van der Waals surface area contributed by atoms with Gasteiger partial charge in [0.2, 0.25) is 11.8 Å². The van der Waals surface area contributed by atoms with E-state index in [1.807, 2.05) is 19.9 Å². The number of anilines is 1. The molecule has 0 aromatic heterocycles. The quantitative estimate of drug-likeness (QED) is 0.291. The normalized spacial score (nSPS) is 14.5. The van der Waals surface area contributed by atoms with Crippen LogP contribution in [0.5, 0.6) is 0 Å². The highest BCUT2D eigenvalue weighted by Gasteiger charge is 2.33. The van der Waals surface area contributed by atoms with Crippen molar-refractivity contribution in [1.82, 2.24) is 10.2 Å². The molecule has 1 atom stereocenters. The summed E-state index contributed by atoms with van der Waals surface area (Å²) in [5, 5.41) is 3.76. The van der Waals surface area contributed by atoms with Crippen molar-refractivity contribution < 1.29 is 18.0 Å². The Labute approximate surface area is 252 Å². The summed E-state index contributed by atoms with van der Waals surface area (Å²) >= 11 is 12.4. The summed E-state index contributed by atoms with van der Waals surface area (Å²) < 4.78 is 29.0. The van der Waals surface area contributed by atoms with E-state index >= 15 is 0 Å². The molecule has 1 fully saturated rings. The van der Waals surface area contributed by atoms with Crippen LogP contribution in [0.2, 0.25) is 10.0 Å². The molecule has 1 N–H and O–H groups in total. The molecule has 0 unspecified atom stereocenters. The van der Waals surface area contributed by atoms with E-state index in [4.69, 9.17) is 23.2 Å². The Hall–Kier alpha value is -3.07. The number of hydrogen-bond acceptors (Lipinski definition) is 4. The number of sulfonamides is 1. The van der Waals surface area contributed by atoms with Gasteiger partial charge in [-0.1, -0.05) is 66.4 Å². The second-order valence-corrected chi connectivity index (χ2v) is 13.3. The standard InChI is InChI=1S/C31H35Cl2N3O4S/c1-21-15-22(2)17-26(16-21)36(41(39,40)27-11-5-4-6-12-27)20-30(37)35(19-24-13-14-28(32)29(33)18-24)23(3)31(38)34-25-9-7-8-10-25/h4-6,11-18,23,25H,7-10,19-20H2,1-3H3,(H,34,38)/t23-/m1/s1. The summed E-state index contributed by atoms with van der Waals surface area (Å²) in [5.74, 6) is -0.807. The molecule has 7 nitrogen and oxygen atoms in total. The second-order valence-electron chi connectivity index (χ2n) is 10.6. The minimum atomic E-state index is -4.12. The molecule has 0 heterocycles. The van der Waals surface area contributed by atoms with Crippen molar-refractivity contribution >= 4 is 50.7 Å². The number of halogens is 2. The van der Waals surface area contributed by atoms with Crippen LogP contribution in [0.3, 0.4) is 0 Å². The Morgan fingerprint density at radius 1 is 0.927 bits per heavy atom. The van der Waals surface area contributed by atoms with Crippen molar-refractivity contribution in [2.24, 2.45) is 0 Å². The summed E-state index contributed by atoms with van der Waals surface area (Å²) in [6, 6.07) is 17.6. The predicted octanol–water partition coefficient (Wildman–Crippen LogP) is 6.28. The number of benzene rings is 3. The van der Waals surface area contributed by atoms with Crippen LogP contribution in [0.25, 0.3) is 0 Å². The average molecular weight is 617 g/mol. The maximum Gasteiger partial charge on any atom is 0.264 e. The van der Waals surface area contributed by atoms with E-state index in [1.165, 1.54) is 17.0 Å². The minimum absolute atomic E-state index is 0.0427. The van der Waals surface area contributed by atoms with Gasteiger partial charge in [-0.2, -0.15) is 0 Å². The molecule has 0 saturated heterocycles. The summed E-state index contributed by atoms with van der Waals surface area (Å²) in [4.78, 5) is 28.9. The summed E-state index contributed by atoms with van der Waals surface area (Å²) in [7, 11) is -4.12. The van der Waals surface area contributed by atoms with Crippen LogP contribution in [0.15, 0.2) is 71.6 Å². The van der Waals surface area contributed by atoms with E-state index in [2.05, 4.69) is 5.32 Å². The Morgan fingerprint density at radius 3 is 2.17 bits per heavy atom. The van der Waals surface area contributed by atoms with Crippen molar-refractivity contribution in [3.63, 3.8) is 0 Å². The molecule has 0 radical (unpaired) electrons. The van der Waals surface area contributed by atoms with Gasteiger partial charge < -0.3 is 10.2 Å². The highest BCUT2D eigenvalue weighted by molar-refractivity contribution is 7.92. The third kappa shape index (κ3) is 7.61. The molecule has 3 aromatic rings. The monoisotopic (exact) mass is 615 g/mol. The molecule has 1 aliphatic carbocycles. The lowest BCUT2D eigenvalue weighted by molar-refractivity contribution is -0.139. The number of rotatable bonds is 10. The molecule has 4 rings (SSSR count). The number of carbonyl (C=O) groups is 2. The Morgan fingerprint density at radius 2 is 1.56 bits per heavy atom. The van der Waals surface area contributed by atoms with Crippen LogP contribution in [-0.4, -0.2) is 43.8 Å². The van der Waals surface area contributed by atoms with E-state index in [0.29, 0.717) is 21.3 Å². The maximum atomic E-state index is 14.1. The van der Waals surface area contributed by atoms with E-state index in [-0.39, 0.29) is 23.4 Å². The van der Waals surface area contributed by atoms with Crippen LogP contribution < -0.4 is 9.62 Å². The molecule has 10 heteroatoms. The van der Waals surface area contributed by atoms with E-state index < -0.39 is 28.5 Å². The van der Waals surface area contributed by atoms with E-state index in [0.717, 1.165) is 41.1 Å². The third-order valence-corrected chi connectivity index (χ3v) is 9.84. The van der Waals surface area contributed by atoms with Gasteiger partial charge in [-0.3, -0.25) is 13.9 Å². The highest BCUT2D eigenvalue weighted by atomic mass is 35.5. The lowest BCUT2D eigenvalue weighted by atomic mass is 10.1. The fourth-order valence-corrected chi connectivity index (χ4v) is 6.89. The highest BCUT2D eigenvalue weighted by Crippen LogP contribution is 2.28. The number of aryl methyl sites for hydroxylation is 2. The number of nitrogens with zero attached hydrogens (tertiary/aromatic N) is 2. The molecule has 0 spiro atoms. The molecule has 2 amide bonds. The number of hydrogen-bond donors (Lipinski definition) is 1. The molecule has 3 aromatic carbocycles. The summed E-state index contributed by atoms with van der Waals surface area (Å²) in [6.45, 7) is 4.95. The van der Waals surface area contributed by atoms with Crippen LogP contribution >= 0.6 is 23.2 Å². The first-order chi connectivity index (χ1) is 19.5. The Balaban J connectivity index is 1.71. The molecule has 0 bridgehead atoms. The lowest BCUT2D eigenvalue weighted by Gasteiger charge is -2.32.